The zero-order valence-electron chi connectivity index (χ0n) is 20.6. The first-order valence-electron chi connectivity index (χ1n) is 11.5. The Hall–Kier alpha value is -3.58. The molecular weight excluding hydrogens is 458 g/mol. The number of fused-ring (bicyclic) bond motifs is 1. The molecule has 0 atom stereocenters. The van der Waals surface area contributed by atoms with E-state index >= 15 is 0 Å². The number of aryl methyl sites for hydroxylation is 2. The van der Waals surface area contributed by atoms with Gasteiger partial charge in [-0.05, 0) is 86.8 Å². The molecule has 0 aliphatic carbocycles. The van der Waals surface area contributed by atoms with Crippen LogP contribution in [-0.2, 0) is 5.75 Å². The molecule has 4 rings (SSSR count). The lowest BCUT2D eigenvalue weighted by Crippen LogP contribution is -2.30. The Balaban J connectivity index is 1.85. The van der Waals surface area contributed by atoms with E-state index in [4.69, 9.17) is 9.72 Å². The van der Waals surface area contributed by atoms with Gasteiger partial charge in [-0.3, -0.25) is 14.2 Å². The van der Waals surface area contributed by atoms with Crippen molar-refractivity contribution >= 4 is 28.6 Å². The van der Waals surface area contributed by atoms with Gasteiger partial charge >= 0.3 is 0 Å². The fraction of sp³-hybridized carbons (Fsp3) is 0.250. The van der Waals surface area contributed by atoms with Crippen LogP contribution < -0.4 is 15.6 Å². The number of methoxy groups -OCH3 is 1. The molecule has 6 nitrogen and oxygen atoms in total. The number of carbonyl (C=O) groups excluding carboxylic acids is 1. The first-order chi connectivity index (χ1) is 16.7. The Kier molecular flexibility index (Phi) is 7.26. The number of ether oxygens (including phenoxy) is 1. The normalized spacial score (nSPS) is 11.1. The van der Waals surface area contributed by atoms with E-state index in [1.807, 2.05) is 64.1 Å². The van der Waals surface area contributed by atoms with Crippen molar-refractivity contribution < 1.29 is 9.53 Å². The maximum Gasteiger partial charge on any atom is 0.266 e. The quantitative estimate of drug-likeness (QED) is 0.278. The number of amides is 1. The average molecular weight is 488 g/mol. The predicted molar refractivity (Wildman–Crippen MR) is 142 cm³/mol. The van der Waals surface area contributed by atoms with Crippen molar-refractivity contribution in [3.63, 3.8) is 0 Å². The minimum Gasteiger partial charge on any atom is -0.497 e. The Morgan fingerprint density at radius 1 is 1.06 bits per heavy atom. The van der Waals surface area contributed by atoms with Crippen LogP contribution in [0.1, 0.15) is 40.9 Å². The van der Waals surface area contributed by atoms with E-state index in [1.165, 1.54) is 11.8 Å². The van der Waals surface area contributed by atoms with Gasteiger partial charge in [-0.2, -0.15) is 0 Å². The fourth-order valence-corrected chi connectivity index (χ4v) is 4.92. The summed E-state index contributed by atoms with van der Waals surface area (Å²) in [5.41, 5.74) is 4.78. The van der Waals surface area contributed by atoms with Crippen LogP contribution in [-0.4, -0.2) is 28.6 Å². The van der Waals surface area contributed by atoms with Crippen molar-refractivity contribution in [1.29, 1.82) is 0 Å². The van der Waals surface area contributed by atoms with Crippen molar-refractivity contribution in [2.75, 3.05) is 7.11 Å². The van der Waals surface area contributed by atoms with Crippen molar-refractivity contribution in [3.05, 3.63) is 93.3 Å². The molecule has 4 aromatic rings. The Morgan fingerprint density at radius 2 is 1.80 bits per heavy atom. The third-order valence-electron chi connectivity index (χ3n) is 5.49. The van der Waals surface area contributed by atoms with Crippen LogP contribution in [0.4, 0.5) is 0 Å². The molecule has 0 radical (unpaired) electrons. The van der Waals surface area contributed by atoms with Crippen LogP contribution in [0.2, 0.25) is 0 Å². The standard InChI is InChI=1S/C28H29N3O3S/c1-17(2)29-26(32)21-9-10-24-25(15-21)30-28(35-16-20-7-6-8-23(14-20)34-5)31(27(24)33)22-12-18(3)11-19(4)13-22/h6-15,17H,16H2,1-5H3,(H,29,32). The summed E-state index contributed by atoms with van der Waals surface area (Å²) in [6.45, 7) is 7.84. The van der Waals surface area contributed by atoms with Crippen LogP contribution in [0.25, 0.3) is 16.6 Å². The van der Waals surface area contributed by atoms with E-state index < -0.39 is 0 Å². The minimum absolute atomic E-state index is 0.0118. The van der Waals surface area contributed by atoms with Crippen molar-refractivity contribution in [2.45, 2.75) is 44.6 Å². The van der Waals surface area contributed by atoms with Crippen LogP contribution in [0.5, 0.6) is 5.75 Å². The molecule has 0 aliphatic rings. The molecule has 1 heterocycles. The van der Waals surface area contributed by atoms with Crippen LogP contribution in [0.3, 0.4) is 0 Å². The van der Waals surface area contributed by atoms with Gasteiger partial charge in [0, 0.05) is 17.4 Å². The molecule has 0 saturated heterocycles. The number of hydrogen-bond donors (Lipinski definition) is 1. The molecule has 35 heavy (non-hydrogen) atoms. The molecule has 0 saturated carbocycles. The van der Waals surface area contributed by atoms with E-state index in [2.05, 4.69) is 11.4 Å². The largest absolute Gasteiger partial charge is 0.497 e. The molecule has 1 N–H and O–H groups in total. The van der Waals surface area contributed by atoms with Gasteiger partial charge in [0.15, 0.2) is 5.16 Å². The fourth-order valence-electron chi connectivity index (χ4n) is 3.97. The van der Waals surface area contributed by atoms with Crippen LogP contribution >= 0.6 is 11.8 Å². The summed E-state index contributed by atoms with van der Waals surface area (Å²) < 4.78 is 7.02. The average Bonchev–Trinajstić information content (AvgIpc) is 2.81. The summed E-state index contributed by atoms with van der Waals surface area (Å²) in [6, 6.07) is 19.0. The van der Waals surface area contributed by atoms with Gasteiger partial charge in [-0.1, -0.05) is 30.0 Å². The number of thioether (sulfide) groups is 1. The zero-order valence-corrected chi connectivity index (χ0v) is 21.4. The third-order valence-corrected chi connectivity index (χ3v) is 6.50. The lowest BCUT2D eigenvalue weighted by atomic mass is 10.1. The number of nitrogens with one attached hydrogen (secondary N) is 1. The number of rotatable bonds is 7. The Morgan fingerprint density at radius 3 is 2.49 bits per heavy atom. The SMILES string of the molecule is COc1cccc(CSc2nc3cc(C(=O)NC(C)C)ccc3c(=O)n2-c2cc(C)cc(C)c2)c1. The van der Waals surface area contributed by atoms with Gasteiger partial charge in [-0.15, -0.1) is 0 Å². The highest BCUT2D eigenvalue weighted by Gasteiger charge is 2.16. The number of hydrogen-bond acceptors (Lipinski definition) is 5. The lowest BCUT2D eigenvalue weighted by Gasteiger charge is -2.15. The van der Waals surface area contributed by atoms with Crippen molar-refractivity contribution in [3.8, 4) is 11.4 Å². The van der Waals surface area contributed by atoms with Gasteiger partial charge in [0.05, 0.1) is 23.7 Å². The molecule has 1 aromatic heterocycles. The summed E-state index contributed by atoms with van der Waals surface area (Å²) in [5, 5.41) is 3.93. The molecule has 0 bridgehead atoms. The number of nitrogens with zero attached hydrogens (tertiary/aromatic N) is 2. The highest BCUT2D eigenvalue weighted by atomic mass is 32.2. The molecule has 0 spiro atoms. The van der Waals surface area contributed by atoms with Crippen LogP contribution in [0.15, 0.2) is 70.6 Å². The lowest BCUT2D eigenvalue weighted by molar-refractivity contribution is 0.0943. The highest BCUT2D eigenvalue weighted by molar-refractivity contribution is 7.98. The zero-order chi connectivity index (χ0) is 25.1. The van der Waals surface area contributed by atoms with E-state index in [1.54, 1.807) is 29.9 Å². The Bertz CT molecular complexity index is 1440. The van der Waals surface area contributed by atoms with Gasteiger partial charge in [0.1, 0.15) is 5.75 Å². The molecule has 3 aromatic carbocycles. The van der Waals surface area contributed by atoms with Gasteiger partial charge in [0.25, 0.3) is 11.5 Å². The molecular formula is C28H29N3O3S. The molecule has 0 aliphatic heterocycles. The molecule has 7 heteroatoms. The number of carbonyl (C=O) groups is 1. The summed E-state index contributed by atoms with van der Waals surface area (Å²) in [4.78, 5) is 31.2. The van der Waals surface area contributed by atoms with E-state index in [0.29, 0.717) is 27.4 Å². The highest BCUT2D eigenvalue weighted by Crippen LogP contribution is 2.27. The van der Waals surface area contributed by atoms with Crippen LogP contribution in [0, 0.1) is 13.8 Å². The summed E-state index contributed by atoms with van der Waals surface area (Å²) >= 11 is 1.48. The van der Waals surface area contributed by atoms with Crippen molar-refractivity contribution in [1.82, 2.24) is 14.9 Å². The van der Waals surface area contributed by atoms with Gasteiger partial charge in [0.2, 0.25) is 0 Å². The third kappa shape index (κ3) is 5.57. The summed E-state index contributed by atoms with van der Waals surface area (Å²) in [7, 11) is 1.64. The summed E-state index contributed by atoms with van der Waals surface area (Å²) in [6.07, 6.45) is 0. The topological polar surface area (TPSA) is 73.2 Å². The predicted octanol–water partition coefficient (Wildman–Crippen LogP) is 5.44. The second-order valence-electron chi connectivity index (χ2n) is 8.88. The van der Waals surface area contributed by atoms with Gasteiger partial charge < -0.3 is 10.1 Å². The first kappa shape index (κ1) is 24.5. The van der Waals surface area contributed by atoms with E-state index in [-0.39, 0.29) is 17.5 Å². The van der Waals surface area contributed by atoms with Gasteiger partial charge in [-0.25, -0.2) is 4.98 Å². The smallest absolute Gasteiger partial charge is 0.266 e. The minimum atomic E-state index is -0.187. The second kappa shape index (κ2) is 10.4. The monoisotopic (exact) mass is 487 g/mol. The maximum absolute atomic E-state index is 13.7. The number of benzene rings is 3. The second-order valence-corrected chi connectivity index (χ2v) is 9.82. The molecule has 1 amide bonds. The molecule has 0 fully saturated rings. The molecule has 180 valence electrons. The Labute approximate surface area is 209 Å². The molecule has 0 unspecified atom stereocenters. The van der Waals surface area contributed by atoms with Crippen molar-refractivity contribution in [2.24, 2.45) is 0 Å². The van der Waals surface area contributed by atoms with E-state index in [9.17, 15) is 9.59 Å². The number of aromatic nitrogens is 2. The maximum atomic E-state index is 13.7. The first-order valence-corrected chi connectivity index (χ1v) is 12.5. The summed E-state index contributed by atoms with van der Waals surface area (Å²) in [5.74, 6) is 1.20. The van der Waals surface area contributed by atoms with E-state index in [0.717, 1.165) is 28.1 Å².